The van der Waals surface area contributed by atoms with Crippen LogP contribution in [0.5, 0.6) is 0 Å². The molecular formula is C21H33ClN4O4. The van der Waals surface area contributed by atoms with Crippen LogP contribution in [0.3, 0.4) is 0 Å². The summed E-state index contributed by atoms with van der Waals surface area (Å²) < 4.78 is 5.32. The van der Waals surface area contributed by atoms with Gasteiger partial charge in [0.1, 0.15) is 12.1 Å². The SMILES string of the molecule is Cl.N[C@@H](Cc1ccccc1)C(O)C(=O)N1CCC[C@H]1C(=O)NCCN1CCOCC1. The number of benzene rings is 1. The molecule has 2 fully saturated rings. The lowest BCUT2D eigenvalue weighted by molar-refractivity contribution is -0.146. The maximum Gasteiger partial charge on any atom is 0.253 e. The summed E-state index contributed by atoms with van der Waals surface area (Å²) in [5, 5.41) is 13.4. The Labute approximate surface area is 184 Å². The molecule has 2 aliphatic heterocycles. The molecule has 2 saturated heterocycles. The molecule has 4 N–H and O–H groups in total. The Kier molecular flexibility index (Phi) is 10.0. The number of carbonyl (C=O) groups is 2. The quantitative estimate of drug-likeness (QED) is 0.515. The number of carbonyl (C=O) groups excluding carboxylic acids is 2. The minimum Gasteiger partial charge on any atom is -0.382 e. The number of nitrogens with zero attached hydrogens (tertiary/aromatic N) is 2. The van der Waals surface area contributed by atoms with E-state index in [0.717, 1.165) is 44.8 Å². The molecule has 168 valence electrons. The highest BCUT2D eigenvalue weighted by Gasteiger charge is 2.38. The van der Waals surface area contributed by atoms with E-state index in [1.807, 2.05) is 30.3 Å². The first kappa shape index (κ1) is 24.6. The van der Waals surface area contributed by atoms with Crippen LogP contribution in [0.25, 0.3) is 0 Å². The Balaban J connectivity index is 0.00000320. The molecule has 0 aliphatic carbocycles. The van der Waals surface area contributed by atoms with E-state index in [1.54, 1.807) is 0 Å². The molecule has 1 unspecified atom stereocenters. The van der Waals surface area contributed by atoms with Crippen molar-refractivity contribution in [1.82, 2.24) is 15.1 Å². The Hall–Kier alpha value is -1.71. The third-order valence-corrected chi connectivity index (χ3v) is 5.64. The van der Waals surface area contributed by atoms with Gasteiger partial charge in [0, 0.05) is 38.8 Å². The Morgan fingerprint density at radius 1 is 1.20 bits per heavy atom. The smallest absolute Gasteiger partial charge is 0.253 e. The number of rotatable bonds is 8. The van der Waals surface area contributed by atoms with E-state index < -0.39 is 24.1 Å². The van der Waals surface area contributed by atoms with Crippen molar-refractivity contribution in [3.8, 4) is 0 Å². The van der Waals surface area contributed by atoms with Crippen molar-refractivity contribution in [3.63, 3.8) is 0 Å². The molecular weight excluding hydrogens is 408 g/mol. The number of nitrogens with two attached hydrogens (primary N) is 1. The number of halogens is 1. The average Bonchev–Trinajstić information content (AvgIpc) is 3.24. The number of aliphatic hydroxyl groups is 1. The van der Waals surface area contributed by atoms with Gasteiger partial charge in [0.2, 0.25) is 5.91 Å². The van der Waals surface area contributed by atoms with Crippen molar-refractivity contribution in [3.05, 3.63) is 35.9 Å². The summed E-state index contributed by atoms with van der Waals surface area (Å²) in [5.74, 6) is -0.618. The standard InChI is InChI=1S/C21H32N4O4.ClH/c22-17(15-16-5-2-1-3-6-16)19(26)21(28)25-9-4-7-18(25)20(27)23-8-10-24-11-13-29-14-12-24;/h1-3,5-6,17-19,26H,4,7-15,22H2,(H,23,27);1H/t17-,18-,19?;/m0./s1. The molecule has 3 rings (SSSR count). The summed E-state index contributed by atoms with van der Waals surface area (Å²) in [4.78, 5) is 29.2. The van der Waals surface area contributed by atoms with Crippen molar-refractivity contribution in [1.29, 1.82) is 0 Å². The lowest BCUT2D eigenvalue weighted by Crippen LogP contribution is -2.54. The summed E-state index contributed by atoms with van der Waals surface area (Å²) in [6.07, 6.45) is 0.429. The third-order valence-electron chi connectivity index (χ3n) is 5.64. The van der Waals surface area contributed by atoms with E-state index in [9.17, 15) is 14.7 Å². The molecule has 0 aromatic heterocycles. The minimum absolute atomic E-state index is 0. The van der Waals surface area contributed by atoms with Gasteiger partial charge in [-0.05, 0) is 24.8 Å². The second kappa shape index (κ2) is 12.2. The monoisotopic (exact) mass is 440 g/mol. The normalized spacial score (nSPS) is 21.5. The summed E-state index contributed by atoms with van der Waals surface area (Å²) in [7, 11) is 0. The summed E-state index contributed by atoms with van der Waals surface area (Å²) >= 11 is 0. The fourth-order valence-corrected chi connectivity index (χ4v) is 3.93. The second-order valence-corrected chi connectivity index (χ2v) is 7.73. The van der Waals surface area contributed by atoms with E-state index in [1.165, 1.54) is 4.90 Å². The van der Waals surface area contributed by atoms with Gasteiger partial charge in [-0.25, -0.2) is 0 Å². The van der Waals surface area contributed by atoms with Crippen LogP contribution in [0.2, 0.25) is 0 Å². The lowest BCUT2D eigenvalue weighted by atomic mass is 10.0. The van der Waals surface area contributed by atoms with Crippen LogP contribution < -0.4 is 11.1 Å². The molecule has 1 aromatic carbocycles. The Bertz CT molecular complexity index is 672. The maximum absolute atomic E-state index is 12.8. The van der Waals surface area contributed by atoms with Crippen LogP contribution in [-0.4, -0.2) is 90.8 Å². The van der Waals surface area contributed by atoms with Crippen LogP contribution in [0, 0.1) is 0 Å². The van der Waals surface area contributed by atoms with Crippen molar-refractivity contribution in [2.24, 2.45) is 5.73 Å². The van der Waals surface area contributed by atoms with Crippen molar-refractivity contribution >= 4 is 24.2 Å². The molecule has 8 nitrogen and oxygen atoms in total. The maximum atomic E-state index is 12.8. The molecule has 9 heteroatoms. The highest BCUT2D eigenvalue weighted by Crippen LogP contribution is 2.19. The zero-order chi connectivity index (χ0) is 20.6. The third kappa shape index (κ3) is 6.65. The topological polar surface area (TPSA) is 108 Å². The zero-order valence-electron chi connectivity index (χ0n) is 17.2. The highest BCUT2D eigenvalue weighted by atomic mass is 35.5. The zero-order valence-corrected chi connectivity index (χ0v) is 18.1. The van der Waals surface area contributed by atoms with Gasteiger partial charge in [-0.2, -0.15) is 0 Å². The number of hydrogen-bond donors (Lipinski definition) is 3. The predicted molar refractivity (Wildman–Crippen MR) is 116 cm³/mol. The van der Waals surface area contributed by atoms with Gasteiger partial charge < -0.3 is 25.8 Å². The van der Waals surface area contributed by atoms with Crippen LogP contribution in [0.4, 0.5) is 0 Å². The van der Waals surface area contributed by atoms with Gasteiger partial charge in [-0.3, -0.25) is 14.5 Å². The van der Waals surface area contributed by atoms with E-state index >= 15 is 0 Å². The van der Waals surface area contributed by atoms with E-state index in [-0.39, 0.29) is 18.3 Å². The number of ether oxygens (including phenoxy) is 1. The van der Waals surface area contributed by atoms with Crippen LogP contribution in [-0.2, 0) is 20.7 Å². The van der Waals surface area contributed by atoms with Gasteiger partial charge >= 0.3 is 0 Å². The minimum atomic E-state index is -1.32. The summed E-state index contributed by atoms with van der Waals surface area (Å²) in [6.45, 7) is 4.95. The second-order valence-electron chi connectivity index (χ2n) is 7.73. The molecule has 3 atom stereocenters. The van der Waals surface area contributed by atoms with E-state index in [0.29, 0.717) is 25.9 Å². The first-order valence-electron chi connectivity index (χ1n) is 10.4. The molecule has 0 spiro atoms. The van der Waals surface area contributed by atoms with Crippen molar-refractivity contribution in [2.75, 3.05) is 45.9 Å². The first-order chi connectivity index (χ1) is 14.1. The fraction of sp³-hybridized carbons (Fsp3) is 0.619. The molecule has 2 heterocycles. The van der Waals surface area contributed by atoms with Gasteiger partial charge in [-0.1, -0.05) is 30.3 Å². The number of hydrogen-bond acceptors (Lipinski definition) is 6. The molecule has 2 aliphatic rings. The summed E-state index contributed by atoms with van der Waals surface area (Å²) in [5.41, 5.74) is 7.05. The number of aliphatic hydroxyl groups excluding tert-OH is 1. The molecule has 2 amide bonds. The number of likely N-dealkylation sites (tertiary alicyclic amines) is 1. The largest absolute Gasteiger partial charge is 0.382 e. The van der Waals surface area contributed by atoms with E-state index in [4.69, 9.17) is 10.5 Å². The number of amides is 2. The van der Waals surface area contributed by atoms with Crippen LogP contribution >= 0.6 is 12.4 Å². The Morgan fingerprint density at radius 3 is 2.60 bits per heavy atom. The molecule has 1 aromatic rings. The van der Waals surface area contributed by atoms with Crippen LogP contribution in [0.1, 0.15) is 18.4 Å². The van der Waals surface area contributed by atoms with E-state index in [2.05, 4.69) is 10.2 Å². The van der Waals surface area contributed by atoms with Gasteiger partial charge in [0.05, 0.1) is 13.2 Å². The molecule has 30 heavy (non-hydrogen) atoms. The van der Waals surface area contributed by atoms with Gasteiger partial charge in [-0.15, -0.1) is 12.4 Å². The Morgan fingerprint density at radius 2 is 1.90 bits per heavy atom. The molecule has 0 radical (unpaired) electrons. The summed E-state index contributed by atoms with van der Waals surface area (Å²) in [6, 6.07) is 8.28. The van der Waals surface area contributed by atoms with Crippen LogP contribution in [0.15, 0.2) is 30.3 Å². The number of morpholine rings is 1. The predicted octanol–water partition coefficient (Wildman–Crippen LogP) is -0.221. The number of nitrogens with one attached hydrogen (secondary N) is 1. The highest BCUT2D eigenvalue weighted by molar-refractivity contribution is 5.90. The lowest BCUT2D eigenvalue weighted by Gasteiger charge is -2.29. The fourth-order valence-electron chi connectivity index (χ4n) is 3.93. The first-order valence-corrected chi connectivity index (χ1v) is 10.4. The van der Waals surface area contributed by atoms with Gasteiger partial charge in [0.25, 0.3) is 5.91 Å². The van der Waals surface area contributed by atoms with Crippen molar-refractivity contribution < 1.29 is 19.4 Å². The van der Waals surface area contributed by atoms with Gasteiger partial charge in [0.15, 0.2) is 0 Å². The average molecular weight is 441 g/mol. The van der Waals surface area contributed by atoms with Crippen molar-refractivity contribution in [2.45, 2.75) is 37.5 Å². The molecule has 0 bridgehead atoms. The molecule has 0 saturated carbocycles.